The molecule has 3 aromatic rings. The minimum absolute atomic E-state index is 0.0987. The van der Waals surface area contributed by atoms with Crippen LogP contribution in [-0.4, -0.2) is 35.6 Å². The molecule has 0 saturated heterocycles. The first kappa shape index (κ1) is 22.2. The fourth-order valence-corrected chi connectivity index (χ4v) is 4.20. The molecule has 30 heavy (non-hydrogen) atoms. The van der Waals surface area contributed by atoms with Gasteiger partial charge in [0.05, 0.1) is 10.9 Å². The fourth-order valence-electron chi connectivity index (χ4n) is 3.52. The highest BCUT2D eigenvalue weighted by atomic mass is 32.1. The van der Waals surface area contributed by atoms with Crippen LogP contribution in [0.15, 0.2) is 52.4 Å². The van der Waals surface area contributed by atoms with Gasteiger partial charge in [-0.05, 0) is 41.1 Å². The number of aromatic nitrogens is 1. The maximum Gasteiger partial charge on any atom is 0.273 e. The molecule has 3 rings (SSSR count). The number of carbonyl (C=O) groups is 1. The molecule has 0 saturated carbocycles. The van der Waals surface area contributed by atoms with Crippen molar-refractivity contribution in [2.75, 3.05) is 19.6 Å². The van der Waals surface area contributed by atoms with Gasteiger partial charge in [0.1, 0.15) is 0 Å². The van der Waals surface area contributed by atoms with Gasteiger partial charge in [0.25, 0.3) is 5.91 Å². The van der Waals surface area contributed by atoms with Gasteiger partial charge in [0, 0.05) is 12.6 Å². The normalized spacial score (nSPS) is 12.9. The summed E-state index contributed by atoms with van der Waals surface area (Å²) in [5, 5.41) is 8.97. The summed E-state index contributed by atoms with van der Waals surface area (Å²) in [5.41, 5.74) is 2.92. The number of likely N-dealkylation sites (N-methyl/N-ethyl adjacent to an activating group) is 1. The molecule has 160 valence electrons. The van der Waals surface area contributed by atoms with Gasteiger partial charge in [-0.2, -0.15) is 0 Å². The fraction of sp³-hybridized carbons (Fsp3) is 0.417. The van der Waals surface area contributed by atoms with Crippen molar-refractivity contribution in [2.45, 2.75) is 46.1 Å². The van der Waals surface area contributed by atoms with E-state index in [1.807, 2.05) is 17.5 Å². The molecule has 0 spiro atoms. The highest BCUT2D eigenvalue weighted by Crippen LogP contribution is 2.27. The van der Waals surface area contributed by atoms with Crippen LogP contribution < -0.4 is 5.32 Å². The number of carbonyl (C=O) groups excluding carboxylic acids is 1. The number of nitrogens with one attached hydrogen (secondary N) is 1. The van der Waals surface area contributed by atoms with Gasteiger partial charge >= 0.3 is 0 Å². The summed E-state index contributed by atoms with van der Waals surface area (Å²) in [6.45, 7) is 13.3. The average Bonchev–Trinajstić information content (AvgIpc) is 3.42. The Labute approximate surface area is 183 Å². The summed E-state index contributed by atoms with van der Waals surface area (Å²) in [7, 11) is 0. The van der Waals surface area contributed by atoms with Crippen LogP contribution in [0.4, 0.5) is 0 Å². The zero-order valence-corrected chi connectivity index (χ0v) is 19.3. The molecule has 6 heteroatoms. The zero-order chi connectivity index (χ0) is 21.7. The molecule has 0 radical (unpaired) electrons. The van der Waals surface area contributed by atoms with Crippen molar-refractivity contribution in [1.82, 2.24) is 15.4 Å². The largest absolute Gasteiger partial charge is 0.355 e. The lowest BCUT2D eigenvalue weighted by atomic mass is 9.86. The molecular formula is C24H31N3O2S. The van der Waals surface area contributed by atoms with Crippen molar-refractivity contribution >= 4 is 17.2 Å². The van der Waals surface area contributed by atoms with Crippen molar-refractivity contribution in [1.29, 1.82) is 0 Å². The van der Waals surface area contributed by atoms with E-state index in [1.165, 1.54) is 11.1 Å². The Bertz CT molecular complexity index is 936. The first-order valence-electron chi connectivity index (χ1n) is 10.5. The molecule has 1 amide bonds. The van der Waals surface area contributed by atoms with Crippen molar-refractivity contribution in [3.8, 4) is 10.6 Å². The van der Waals surface area contributed by atoms with Crippen molar-refractivity contribution in [3.05, 3.63) is 64.7 Å². The SMILES string of the molecule is CCN(CC)C(CNC(=O)c1cc(-c2cccs2)on1)c1ccc(C(C)(C)C)cc1. The second-order valence-electron chi connectivity index (χ2n) is 8.37. The number of amides is 1. The van der Waals surface area contributed by atoms with E-state index in [1.54, 1.807) is 17.4 Å². The minimum atomic E-state index is -0.218. The molecule has 0 aliphatic carbocycles. The molecule has 1 aromatic carbocycles. The van der Waals surface area contributed by atoms with Crippen molar-refractivity contribution in [3.63, 3.8) is 0 Å². The summed E-state index contributed by atoms with van der Waals surface area (Å²) in [5.74, 6) is 0.401. The molecule has 5 nitrogen and oxygen atoms in total. The topological polar surface area (TPSA) is 58.4 Å². The Morgan fingerprint density at radius 1 is 1.17 bits per heavy atom. The third kappa shape index (κ3) is 5.18. The van der Waals surface area contributed by atoms with E-state index in [2.05, 4.69) is 74.3 Å². The van der Waals surface area contributed by atoms with Crippen LogP contribution in [0.5, 0.6) is 0 Å². The number of hydrogen-bond acceptors (Lipinski definition) is 5. The Morgan fingerprint density at radius 2 is 1.87 bits per heavy atom. The second kappa shape index (κ2) is 9.58. The number of rotatable bonds is 8. The predicted molar refractivity (Wildman–Crippen MR) is 123 cm³/mol. The summed E-state index contributed by atoms with van der Waals surface area (Å²) >= 11 is 1.56. The first-order valence-corrected chi connectivity index (χ1v) is 11.3. The third-order valence-electron chi connectivity index (χ3n) is 5.38. The Kier molecular flexibility index (Phi) is 7.10. The van der Waals surface area contributed by atoms with Crippen LogP contribution >= 0.6 is 11.3 Å². The number of nitrogens with zero attached hydrogens (tertiary/aromatic N) is 2. The Hall–Kier alpha value is -2.44. The predicted octanol–water partition coefficient (Wildman–Crippen LogP) is 5.51. The third-order valence-corrected chi connectivity index (χ3v) is 6.26. The Morgan fingerprint density at radius 3 is 2.43 bits per heavy atom. The average molecular weight is 426 g/mol. The molecule has 0 aliphatic heterocycles. The summed E-state index contributed by atoms with van der Waals surface area (Å²) < 4.78 is 5.35. The minimum Gasteiger partial charge on any atom is -0.355 e. The number of benzene rings is 1. The van der Waals surface area contributed by atoms with E-state index >= 15 is 0 Å². The van der Waals surface area contributed by atoms with Gasteiger partial charge in [-0.1, -0.05) is 70.1 Å². The van der Waals surface area contributed by atoms with Crippen LogP contribution in [-0.2, 0) is 5.41 Å². The molecule has 1 atom stereocenters. The lowest BCUT2D eigenvalue weighted by Crippen LogP contribution is -2.38. The summed E-state index contributed by atoms with van der Waals surface area (Å²) in [6, 6.07) is 14.4. The maximum atomic E-state index is 12.7. The van der Waals surface area contributed by atoms with E-state index < -0.39 is 0 Å². The van der Waals surface area contributed by atoms with Crippen LogP contribution in [0.3, 0.4) is 0 Å². The van der Waals surface area contributed by atoms with E-state index in [0.717, 1.165) is 18.0 Å². The van der Waals surface area contributed by atoms with Gasteiger partial charge < -0.3 is 9.84 Å². The first-order chi connectivity index (χ1) is 14.3. The van der Waals surface area contributed by atoms with Crippen LogP contribution in [0.2, 0.25) is 0 Å². The molecule has 0 aliphatic rings. The standard InChI is InChI=1S/C24H31N3O2S/c1-6-27(7-2)20(17-10-12-18(13-11-17)24(3,4)5)16-25-23(28)19-15-21(29-26-19)22-9-8-14-30-22/h8-15,20H,6-7,16H2,1-5H3,(H,25,28). The van der Waals surface area contributed by atoms with Gasteiger partial charge in [0.2, 0.25) is 0 Å². The monoisotopic (exact) mass is 425 g/mol. The van der Waals surface area contributed by atoms with E-state index in [-0.39, 0.29) is 17.4 Å². The quantitative estimate of drug-likeness (QED) is 0.517. The van der Waals surface area contributed by atoms with Gasteiger partial charge in [-0.15, -0.1) is 11.3 Å². The highest BCUT2D eigenvalue weighted by molar-refractivity contribution is 7.13. The molecule has 1 N–H and O–H groups in total. The smallest absolute Gasteiger partial charge is 0.273 e. The number of hydrogen-bond donors (Lipinski definition) is 1. The van der Waals surface area contributed by atoms with Crippen LogP contribution in [0, 0.1) is 0 Å². The molecule has 2 heterocycles. The van der Waals surface area contributed by atoms with E-state index in [9.17, 15) is 4.79 Å². The highest BCUT2D eigenvalue weighted by Gasteiger charge is 2.22. The molecule has 2 aromatic heterocycles. The molecular weight excluding hydrogens is 394 g/mol. The summed E-state index contributed by atoms with van der Waals surface area (Å²) in [4.78, 5) is 16.0. The van der Waals surface area contributed by atoms with Gasteiger partial charge in [-0.3, -0.25) is 9.69 Å². The lowest BCUT2D eigenvalue weighted by molar-refractivity contribution is 0.0926. The number of thiophene rings is 1. The maximum absolute atomic E-state index is 12.7. The van der Waals surface area contributed by atoms with Gasteiger partial charge in [0.15, 0.2) is 11.5 Å². The lowest BCUT2D eigenvalue weighted by Gasteiger charge is -2.31. The molecule has 1 unspecified atom stereocenters. The molecule has 0 bridgehead atoms. The van der Waals surface area contributed by atoms with Crippen molar-refractivity contribution < 1.29 is 9.32 Å². The van der Waals surface area contributed by atoms with Crippen LogP contribution in [0.25, 0.3) is 10.6 Å². The second-order valence-corrected chi connectivity index (χ2v) is 9.32. The van der Waals surface area contributed by atoms with E-state index in [4.69, 9.17) is 4.52 Å². The zero-order valence-electron chi connectivity index (χ0n) is 18.4. The van der Waals surface area contributed by atoms with Gasteiger partial charge in [-0.25, -0.2) is 0 Å². The Balaban J connectivity index is 1.73. The summed E-state index contributed by atoms with van der Waals surface area (Å²) in [6.07, 6.45) is 0. The van der Waals surface area contributed by atoms with Crippen LogP contribution in [0.1, 0.15) is 62.3 Å². The van der Waals surface area contributed by atoms with E-state index in [0.29, 0.717) is 18.0 Å². The van der Waals surface area contributed by atoms with Crippen molar-refractivity contribution in [2.24, 2.45) is 0 Å². The molecule has 0 fully saturated rings.